The third kappa shape index (κ3) is 2.46. The number of carbonyl (C=O) groups excluding carboxylic acids is 1. The van der Waals surface area contributed by atoms with E-state index in [9.17, 15) is 9.18 Å². The number of rotatable bonds is 1. The Bertz CT molecular complexity index is 600. The summed E-state index contributed by atoms with van der Waals surface area (Å²) in [4.78, 5) is 17.2. The van der Waals surface area contributed by atoms with Gasteiger partial charge in [-0.25, -0.2) is 4.39 Å². The summed E-state index contributed by atoms with van der Waals surface area (Å²) in [6, 6.07) is 6.29. The van der Waals surface area contributed by atoms with Crippen molar-refractivity contribution in [2.24, 2.45) is 0 Å². The highest BCUT2D eigenvalue weighted by Gasteiger charge is 2.18. The highest BCUT2D eigenvalue weighted by molar-refractivity contribution is 5.98. The number of amides is 1. The number of nitrogens with one attached hydrogen (secondary N) is 2. The van der Waals surface area contributed by atoms with Gasteiger partial charge in [-0.05, 0) is 37.2 Å². The molecule has 0 aliphatic carbocycles. The van der Waals surface area contributed by atoms with Gasteiger partial charge in [-0.15, -0.1) is 0 Å². The van der Waals surface area contributed by atoms with Gasteiger partial charge in [0.25, 0.3) is 5.91 Å². The van der Waals surface area contributed by atoms with Crippen molar-refractivity contribution in [1.29, 1.82) is 0 Å². The van der Waals surface area contributed by atoms with Crippen molar-refractivity contribution in [2.75, 3.05) is 26.2 Å². The van der Waals surface area contributed by atoms with Crippen LogP contribution in [-0.2, 0) is 0 Å². The quantitative estimate of drug-likeness (QED) is 0.821. The van der Waals surface area contributed by atoms with Crippen LogP contribution in [0.3, 0.4) is 0 Å². The highest BCUT2D eigenvalue weighted by Crippen LogP contribution is 2.18. The molecule has 5 heteroatoms. The molecule has 100 valence electrons. The van der Waals surface area contributed by atoms with Crippen molar-refractivity contribution in [2.45, 2.75) is 6.42 Å². The predicted molar refractivity (Wildman–Crippen MR) is 71.6 cm³/mol. The lowest BCUT2D eigenvalue weighted by molar-refractivity contribution is 0.0761. The average molecular weight is 261 g/mol. The zero-order valence-electron chi connectivity index (χ0n) is 10.6. The van der Waals surface area contributed by atoms with Crippen LogP contribution in [0.15, 0.2) is 24.3 Å². The van der Waals surface area contributed by atoms with E-state index in [1.165, 1.54) is 12.1 Å². The first kappa shape index (κ1) is 12.2. The standard InChI is InChI=1S/C14H16FN3O/c15-11-3-2-10-8-13(17-12(10)9-11)14(19)18-6-1-4-16-5-7-18/h2-3,8-9,16-17H,1,4-7H2. The molecule has 0 atom stereocenters. The number of carbonyl (C=O) groups is 1. The fourth-order valence-corrected chi connectivity index (χ4v) is 2.43. The molecule has 0 bridgehead atoms. The van der Waals surface area contributed by atoms with Crippen LogP contribution in [0.4, 0.5) is 4.39 Å². The molecule has 3 rings (SSSR count). The van der Waals surface area contributed by atoms with Gasteiger partial charge in [0, 0.05) is 30.5 Å². The fourth-order valence-electron chi connectivity index (χ4n) is 2.43. The summed E-state index contributed by atoms with van der Waals surface area (Å²) in [5.41, 5.74) is 1.19. The van der Waals surface area contributed by atoms with Gasteiger partial charge in [0.15, 0.2) is 0 Å². The van der Waals surface area contributed by atoms with Gasteiger partial charge >= 0.3 is 0 Å². The van der Waals surface area contributed by atoms with Crippen molar-refractivity contribution < 1.29 is 9.18 Å². The van der Waals surface area contributed by atoms with Crippen molar-refractivity contribution in [1.82, 2.24) is 15.2 Å². The van der Waals surface area contributed by atoms with Crippen LogP contribution in [-0.4, -0.2) is 42.0 Å². The van der Waals surface area contributed by atoms with Gasteiger partial charge in [0.2, 0.25) is 0 Å². The van der Waals surface area contributed by atoms with E-state index in [-0.39, 0.29) is 11.7 Å². The molecule has 2 aromatic rings. The third-order valence-electron chi connectivity index (χ3n) is 3.44. The maximum absolute atomic E-state index is 13.1. The first-order chi connectivity index (χ1) is 9.24. The van der Waals surface area contributed by atoms with Crippen molar-refractivity contribution in [3.63, 3.8) is 0 Å². The molecule has 1 aromatic carbocycles. The van der Waals surface area contributed by atoms with Crippen molar-refractivity contribution >= 4 is 16.8 Å². The molecule has 1 saturated heterocycles. The van der Waals surface area contributed by atoms with E-state index in [1.807, 2.05) is 4.90 Å². The number of aromatic amines is 1. The first-order valence-corrected chi connectivity index (χ1v) is 6.52. The van der Waals surface area contributed by atoms with Gasteiger partial charge in [-0.2, -0.15) is 0 Å². The molecule has 2 heterocycles. The minimum atomic E-state index is -0.299. The molecule has 19 heavy (non-hydrogen) atoms. The zero-order valence-corrected chi connectivity index (χ0v) is 10.6. The van der Waals surface area contributed by atoms with Crippen LogP contribution in [0.25, 0.3) is 10.9 Å². The number of H-pyrrole nitrogens is 1. The van der Waals surface area contributed by atoms with Crippen LogP contribution >= 0.6 is 0 Å². The van der Waals surface area contributed by atoms with Crippen LogP contribution < -0.4 is 5.32 Å². The first-order valence-electron chi connectivity index (χ1n) is 6.52. The summed E-state index contributed by atoms with van der Waals surface area (Å²) in [6.45, 7) is 3.24. The molecule has 0 radical (unpaired) electrons. The Balaban J connectivity index is 1.88. The Hall–Kier alpha value is -1.88. The molecule has 0 unspecified atom stereocenters. The second-order valence-electron chi connectivity index (χ2n) is 4.81. The number of hydrogen-bond donors (Lipinski definition) is 2. The molecule has 1 aromatic heterocycles. The lowest BCUT2D eigenvalue weighted by atomic mass is 10.2. The average Bonchev–Trinajstić information content (AvgIpc) is 2.64. The number of benzene rings is 1. The van der Waals surface area contributed by atoms with E-state index >= 15 is 0 Å². The van der Waals surface area contributed by atoms with Crippen molar-refractivity contribution in [3.05, 3.63) is 35.8 Å². The second-order valence-corrected chi connectivity index (χ2v) is 4.81. The maximum Gasteiger partial charge on any atom is 0.270 e. The molecule has 1 aliphatic rings. The van der Waals surface area contributed by atoms with Crippen LogP contribution in [0.5, 0.6) is 0 Å². The second kappa shape index (κ2) is 5.01. The number of nitrogens with zero attached hydrogens (tertiary/aromatic N) is 1. The Morgan fingerprint density at radius 1 is 1.21 bits per heavy atom. The van der Waals surface area contributed by atoms with E-state index in [0.717, 1.165) is 31.4 Å². The minimum absolute atomic E-state index is 0.0136. The number of halogens is 1. The summed E-state index contributed by atoms with van der Waals surface area (Å²) in [5.74, 6) is -0.312. The van der Waals surface area contributed by atoms with Gasteiger partial charge in [0.1, 0.15) is 11.5 Å². The normalized spacial score (nSPS) is 16.6. The molecular weight excluding hydrogens is 245 g/mol. The fraction of sp³-hybridized carbons (Fsp3) is 0.357. The Morgan fingerprint density at radius 2 is 2.11 bits per heavy atom. The predicted octanol–water partition coefficient (Wildman–Crippen LogP) is 1.74. The Morgan fingerprint density at radius 3 is 3.00 bits per heavy atom. The molecule has 1 aliphatic heterocycles. The topological polar surface area (TPSA) is 48.1 Å². The zero-order chi connectivity index (χ0) is 13.2. The summed E-state index contributed by atoms with van der Waals surface area (Å²) < 4.78 is 13.1. The van der Waals surface area contributed by atoms with E-state index in [2.05, 4.69) is 10.3 Å². The lowest BCUT2D eigenvalue weighted by Crippen LogP contribution is -2.34. The lowest BCUT2D eigenvalue weighted by Gasteiger charge is -2.18. The summed E-state index contributed by atoms with van der Waals surface area (Å²) in [6.07, 6.45) is 0.959. The molecule has 0 saturated carbocycles. The molecule has 1 fully saturated rings. The molecule has 1 amide bonds. The van der Waals surface area contributed by atoms with E-state index in [4.69, 9.17) is 0 Å². The number of aromatic nitrogens is 1. The van der Waals surface area contributed by atoms with Crippen LogP contribution in [0.2, 0.25) is 0 Å². The van der Waals surface area contributed by atoms with E-state index in [1.54, 1.807) is 12.1 Å². The number of hydrogen-bond acceptors (Lipinski definition) is 2. The largest absolute Gasteiger partial charge is 0.350 e. The molecule has 2 N–H and O–H groups in total. The van der Waals surface area contributed by atoms with Gasteiger partial charge in [0.05, 0.1) is 0 Å². The van der Waals surface area contributed by atoms with Crippen LogP contribution in [0, 0.1) is 5.82 Å². The SMILES string of the molecule is O=C(c1cc2ccc(F)cc2[nH]1)N1CCCNCC1. The smallest absolute Gasteiger partial charge is 0.270 e. The molecule has 0 spiro atoms. The molecular formula is C14H16FN3O. The van der Waals surface area contributed by atoms with Gasteiger partial charge < -0.3 is 15.2 Å². The Kier molecular flexibility index (Phi) is 3.21. The van der Waals surface area contributed by atoms with E-state index in [0.29, 0.717) is 17.8 Å². The third-order valence-corrected chi connectivity index (χ3v) is 3.44. The van der Waals surface area contributed by atoms with Gasteiger partial charge in [-0.1, -0.05) is 0 Å². The van der Waals surface area contributed by atoms with Gasteiger partial charge in [-0.3, -0.25) is 4.79 Å². The van der Waals surface area contributed by atoms with Crippen molar-refractivity contribution in [3.8, 4) is 0 Å². The molecule has 4 nitrogen and oxygen atoms in total. The summed E-state index contributed by atoms with van der Waals surface area (Å²) in [5, 5.41) is 4.12. The highest BCUT2D eigenvalue weighted by atomic mass is 19.1. The maximum atomic E-state index is 13.1. The number of fused-ring (bicyclic) bond motifs is 1. The summed E-state index contributed by atoms with van der Waals surface area (Å²) in [7, 11) is 0. The minimum Gasteiger partial charge on any atom is -0.350 e. The summed E-state index contributed by atoms with van der Waals surface area (Å²) >= 11 is 0. The van der Waals surface area contributed by atoms with E-state index < -0.39 is 0 Å². The monoisotopic (exact) mass is 261 g/mol. The Labute approximate surface area is 110 Å². The van der Waals surface area contributed by atoms with Crippen LogP contribution in [0.1, 0.15) is 16.9 Å².